The molecule has 0 saturated carbocycles. The van der Waals surface area contributed by atoms with E-state index >= 15 is 0 Å². The topological polar surface area (TPSA) is 62.7 Å². The zero-order valence-electron chi connectivity index (χ0n) is 13.3. The van der Waals surface area contributed by atoms with Gasteiger partial charge >= 0.3 is 0 Å². The molecule has 122 valence electrons. The molecule has 0 spiro atoms. The summed E-state index contributed by atoms with van der Waals surface area (Å²) in [5, 5.41) is 6.53. The molecular formula is C18H18BrN5. The normalized spacial score (nSPS) is 10.4. The van der Waals surface area contributed by atoms with Crippen LogP contribution in [-0.4, -0.2) is 21.5 Å². The summed E-state index contributed by atoms with van der Waals surface area (Å²) in [4.78, 5) is 13.4. The van der Waals surface area contributed by atoms with Crippen molar-refractivity contribution in [2.75, 3.05) is 17.2 Å². The molecule has 5 nitrogen and oxygen atoms in total. The highest BCUT2D eigenvalue weighted by molar-refractivity contribution is 9.10. The molecule has 24 heavy (non-hydrogen) atoms. The Hall–Kier alpha value is -2.47. The summed E-state index contributed by atoms with van der Waals surface area (Å²) in [5.74, 6) is 1.36. The quantitative estimate of drug-likeness (QED) is 0.662. The van der Waals surface area contributed by atoms with Gasteiger partial charge in [0.05, 0.1) is 11.4 Å². The second-order valence-electron chi connectivity index (χ2n) is 5.19. The van der Waals surface area contributed by atoms with Gasteiger partial charge in [-0.1, -0.05) is 34.1 Å². The van der Waals surface area contributed by atoms with Crippen LogP contribution in [0, 0.1) is 0 Å². The Morgan fingerprint density at radius 3 is 2.62 bits per heavy atom. The van der Waals surface area contributed by atoms with Gasteiger partial charge in [0, 0.05) is 29.8 Å². The SMILES string of the molecule is CCNc1nc(NCc2cccc(Br)c2)cc(-c2ccccn2)n1. The molecular weight excluding hydrogens is 366 g/mol. The fourth-order valence-electron chi connectivity index (χ4n) is 2.26. The molecule has 2 N–H and O–H groups in total. The summed E-state index contributed by atoms with van der Waals surface area (Å²) >= 11 is 3.49. The van der Waals surface area contributed by atoms with E-state index in [0.717, 1.165) is 28.2 Å². The van der Waals surface area contributed by atoms with E-state index in [1.54, 1.807) is 6.20 Å². The van der Waals surface area contributed by atoms with Crippen LogP contribution in [0.25, 0.3) is 11.4 Å². The lowest BCUT2D eigenvalue weighted by Gasteiger charge is -2.10. The summed E-state index contributed by atoms with van der Waals surface area (Å²) in [6.45, 7) is 3.46. The third-order valence-electron chi connectivity index (χ3n) is 3.35. The highest BCUT2D eigenvalue weighted by Gasteiger charge is 2.07. The number of anilines is 2. The van der Waals surface area contributed by atoms with E-state index in [9.17, 15) is 0 Å². The molecule has 3 rings (SSSR count). The van der Waals surface area contributed by atoms with Gasteiger partial charge in [-0.15, -0.1) is 0 Å². The smallest absolute Gasteiger partial charge is 0.225 e. The minimum atomic E-state index is 0.595. The minimum Gasteiger partial charge on any atom is -0.366 e. The van der Waals surface area contributed by atoms with E-state index in [-0.39, 0.29) is 0 Å². The zero-order valence-corrected chi connectivity index (χ0v) is 14.9. The first kappa shape index (κ1) is 16.4. The van der Waals surface area contributed by atoms with Gasteiger partial charge in [-0.3, -0.25) is 4.98 Å². The number of hydrogen-bond acceptors (Lipinski definition) is 5. The number of halogens is 1. The summed E-state index contributed by atoms with van der Waals surface area (Å²) in [5.41, 5.74) is 2.79. The Morgan fingerprint density at radius 2 is 1.88 bits per heavy atom. The molecule has 2 aromatic heterocycles. The second-order valence-corrected chi connectivity index (χ2v) is 6.11. The predicted molar refractivity (Wildman–Crippen MR) is 101 cm³/mol. The number of aromatic nitrogens is 3. The van der Waals surface area contributed by atoms with Gasteiger partial charge in [-0.05, 0) is 36.8 Å². The van der Waals surface area contributed by atoms with Gasteiger partial charge in [0.1, 0.15) is 5.82 Å². The Kier molecular flexibility index (Phi) is 5.38. The van der Waals surface area contributed by atoms with Crippen LogP contribution in [0.4, 0.5) is 11.8 Å². The molecule has 0 aliphatic rings. The zero-order chi connectivity index (χ0) is 16.8. The van der Waals surface area contributed by atoms with Crippen molar-refractivity contribution in [3.8, 4) is 11.4 Å². The number of nitrogens with one attached hydrogen (secondary N) is 2. The lowest BCUT2D eigenvalue weighted by Crippen LogP contribution is -2.07. The van der Waals surface area contributed by atoms with Crippen molar-refractivity contribution in [3.05, 3.63) is 64.8 Å². The molecule has 3 aromatic rings. The molecule has 1 aromatic carbocycles. The van der Waals surface area contributed by atoms with Gasteiger partial charge in [-0.2, -0.15) is 4.98 Å². The van der Waals surface area contributed by atoms with Crippen LogP contribution >= 0.6 is 15.9 Å². The van der Waals surface area contributed by atoms with Crippen LogP contribution in [0.15, 0.2) is 59.2 Å². The summed E-state index contributed by atoms with van der Waals surface area (Å²) < 4.78 is 1.06. The highest BCUT2D eigenvalue weighted by atomic mass is 79.9. The molecule has 0 aliphatic heterocycles. The molecule has 0 amide bonds. The summed E-state index contributed by atoms with van der Waals surface area (Å²) in [6, 6.07) is 15.9. The number of benzene rings is 1. The Labute approximate surface area is 149 Å². The average Bonchev–Trinajstić information content (AvgIpc) is 2.61. The van der Waals surface area contributed by atoms with Gasteiger partial charge in [0.2, 0.25) is 5.95 Å². The van der Waals surface area contributed by atoms with E-state index in [2.05, 4.69) is 53.6 Å². The van der Waals surface area contributed by atoms with Crippen molar-refractivity contribution in [3.63, 3.8) is 0 Å². The number of rotatable bonds is 6. The predicted octanol–water partition coefficient (Wildman–Crippen LogP) is 4.35. The fourth-order valence-corrected chi connectivity index (χ4v) is 2.71. The van der Waals surface area contributed by atoms with Crippen LogP contribution in [0.3, 0.4) is 0 Å². The molecule has 0 unspecified atom stereocenters. The minimum absolute atomic E-state index is 0.595. The highest BCUT2D eigenvalue weighted by Crippen LogP contribution is 2.20. The van der Waals surface area contributed by atoms with Crippen LogP contribution in [0.5, 0.6) is 0 Å². The fraction of sp³-hybridized carbons (Fsp3) is 0.167. The second kappa shape index (κ2) is 7.88. The number of hydrogen-bond donors (Lipinski definition) is 2. The van der Waals surface area contributed by atoms with E-state index < -0.39 is 0 Å². The first-order chi connectivity index (χ1) is 11.7. The Bertz CT molecular complexity index is 808. The molecule has 0 radical (unpaired) electrons. The van der Waals surface area contributed by atoms with Crippen molar-refractivity contribution in [1.82, 2.24) is 15.0 Å². The van der Waals surface area contributed by atoms with Crippen LogP contribution in [0.2, 0.25) is 0 Å². The van der Waals surface area contributed by atoms with Crippen molar-refractivity contribution >= 4 is 27.7 Å². The molecule has 0 fully saturated rings. The molecule has 0 atom stereocenters. The van der Waals surface area contributed by atoms with E-state index in [4.69, 9.17) is 0 Å². The van der Waals surface area contributed by atoms with Crippen LogP contribution in [-0.2, 0) is 6.54 Å². The molecule has 0 bridgehead atoms. The van der Waals surface area contributed by atoms with Gasteiger partial charge in [-0.25, -0.2) is 4.98 Å². The van der Waals surface area contributed by atoms with Gasteiger partial charge in [0.15, 0.2) is 0 Å². The molecule has 6 heteroatoms. The number of nitrogens with zero attached hydrogens (tertiary/aromatic N) is 3. The van der Waals surface area contributed by atoms with Crippen molar-refractivity contribution < 1.29 is 0 Å². The number of pyridine rings is 1. The first-order valence-corrected chi connectivity index (χ1v) is 8.56. The van der Waals surface area contributed by atoms with E-state index in [0.29, 0.717) is 12.5 Å². The van der Waals surface area contributed by atoms with Crippen molar-refractivity contribution in [2.45, 2.75) is 13.5 Å². The van der Waals surface area contributed by atoms with E-state index in [1.807, 2.05) is 43.3 Å². The maximum atomic E-state index is 4.53. The van der Waals surface area contributed by atoms with E-state index in [1.165, 1.54) is 5.56 Å². The average molecular weight is 384 g/mol. The molecule has 2 heterocycles. The van der Waals surface area contributed by atoms with Gasteiger partial charge in [0.25, 0.3) is 0 Å². The van der Waals surface area contributed by atoms with Crippen LogP contribution in [0.1, 0.15) is 12.5 Å². The molecule has 0 saturated heterocycles. The maximum Gasteiger partial charge on any atom is 0.225 e. The lowest BCUT2D eigenvalue weighted by molar-refractivity contribution is 1.05. The Balaban J connectivity index is 1.85. The third kappa shape index (κ3) is 4.29. The summed E-state index contributed by atoms with van der Waals surface area (Å²) in [7, 11) is 0. The summed E-state index contributed by atoms with van der Waals surface area (Å²) in [6.07, 6.45) is 1.76. The standard InChI is InChI=1S/C18H18BrN5/c1-2-20-18-23-16(15-8-3-4-9-21-15)11-17(24-18)22-12-13-6-5-7-14(19)10-13/h3-11H,2,12H2,1H3,(H2,20,22,23,24). The largest absolute Gasteiger partial charge is 0.366 e. The van der Waals surface area contributed by atoms with Crippen molar-refractivity contribution in [1.29, 1.82) is 0 Å². The maximum absolute atomic E-state index is 4.53. The lowest BCUT2D eigenvalue weighted by atomic mass is 10.2. The molecule has 0 aliphatic carbocycles. The van der Waals surface area contributed by atoms with Crippen LogP contribution < -0.4 is 10.6 Å². The first-order valence-electron chi connectivity index (χ1n) is 7.77. The monoisotopic (exact) mass is 383 g/mol. The Morgan fingerprint density at radius 1 is 0.958 bits per heavy atom. The van der Waals surface area contributed by atoms with Gasteiger partial charge < -0.3 is 10.6 Å². The third-order valence-corrected chi connectivity index (χ3v) is 3.84. The van der Waals surface area contributed by atoms with Crippen molar-refractivity contribution in [2.24, 2.45) is 0 Å².